The largest absolute Gasteiger partial charge is 0.321 e. The molecule has 0 amide bonds. The van der Waals surface area contributed by atoms with Crippen molar-refractivity contribution < 1.29 is 0 Å². The minimum absolute atomic E-state index is 0.0830. The topological polar surface area (TPSA) is 56.7 Å². The maximum atomic E-state index is 6.17. The first-order valence-corrected chi connectivity index (χ1v) is 7.91. The molecule has 1 aromatic rings. The van der Waals surface area contributed by atoms with Crippen LogP contribution in [0.1, 0.15) is 69.6 Å². The van der Waals surface area contributed by atoms with Gasteiger partial charge in [-0.05, 0) is 24.7 Å². The van der Waals surface area contributed by atoms with Gasteiger partial charge in [0.1, 0.15) is 5.82 Å². The molecule has 0 aromatic carbocycles. The summed E-state index contributed by atoms with van der Waals surface area (Å²) in [7, 11) is 0. The lowest BCUT2D eigenvalue weighted by Crippen LogP contribution is -2.27. The smallest absolute Gasteiger partial charge is 0.151 e. The van der Waals surface area contributed by atoms with E-state index in [9.17, 15) is 0 Å². The molecule has 2 N–H and O–H groups in total. The van der Waals surface area contributed by atoms with E-state index in [2.05, 4.69) is 21.7 Å². The molecule has 2 aliphatic rings. The van der Waals surface area contributed by atoms with E-state index < -0.39 is 0 Å². The Kier molecular flexibility index (Phi) is 3.87. The molecule has 2 unspecified atom stereocenters. The summed E-state index contributed by atoms with van der Waals surface area (Å²) in [5.41, 5.74) is 6.17. The fraction of sp³-hybridized carbons (Fsp3) is 0.867. The summed E-state index contributed by atoms with van der Waals surface area (Å²) in [5, 5.41) is 4.66. The summed E-state index contributed by atoms with van der Waals surface area (Å²) in [4.78, 5) is 4.68. The summed E-state index contributed by atoms with van der Waals surface area (Å²) < 4.78 is 2.05. The van der Waals surface area contributed by atoms with E-state index >= 15 is 0 Å². The van der Waals surface area contributed by atoms with Crippen LogP contribution < -0.4 is 5.73 Å². The Bertz CT molecular complexity index is 420. The van der Waals surface area contributed by atoms with Gasteiger partial charge in [-0.1, -0.05) is 39.0 Å². The minimum atomic E-state index is 0.0830. The lowest BCUT2D eigenvalue weighted by molar-refractivity contribution is 0.324. The van der Waals surface area contributed by atoms with Gasteiger partial charge in [0.15, 0.2) is 5.82 Å². The van der Waals surface area contributed by atoms with Crippen molar-refractivity contribution in [2.24, 2.45) is 17.6 Å². The highest BCUT2D eigenvalue weighted by Gasteiger charge is 2.25. The molecule has 0 radical (unpaired) electrons. The number of aromatic nitrogens is 3. The van der Waals surface area contributed by atoms with Crippen molar-refractivity contribution in [3.63, 3.8) is 0 Å². The summed E-state index contributed by atoms with van der Waals surface area (Å²) in [5.74, 6) is 3.55. The van der Waals surface area contributed by atoms with Crippen LogP contribution in [0.5, 0.6) is 0 Å². The molecule has 3 rings (SSSR count). The van der Waals surface area contributed by atoms with Crippen LogP contribution in [0.4, 0.5) is 0 Å². The first kappa shape index (κ1) is 13.1. The number of fused-ring (bicyclic) bond motifs is 1. The molecule has 4 heteroatoms. The summed E-state index contributed by atoms with van der Waals surface area (Å²) in [6.07, 6.45) is 10.4. The zero-order valence-electron chi connectivity index (χ0n) is 12.0. The van der Waals surface area contributed by atoms with Crippen LogP contribution in [0.25, 0.3) is 0 Å². The van der Waals surface area contributed by atoms with Gasteiger partial charge in [-0.15, -0.1) is 0 Å². The molecule has 1 aliphatic carbocycles. The molecule has 0 spiro atoms. The van der Waals surface area contributed by atoms with Gasteiger partial charge in [-0.25, -0.2) is 9.67 Å². The highest BCUT2D eigenvalue weighted by molar-refractivity contribution is 5.02. The molecule has 1 aromatic heterocycles. The van der Waals surface area contributed by atoms with Gasteiger partial charge in [0, 0.05) is 13.0 Å². The van der Waals surface area contributed by atoms with E-state index in [1.165, 1.54) is 38.5 Å². The normalized spacial score (nSPS) is 28.3. The maximum absolute atomic E-state index is 6.17. The maximum Gasteiger partial charge on any atom is 0.151 e. The van der Waals surface area contributed by atoms with Gasteiger partial charge in [-0.3, -0.25) is 0 Å². The number of aryl methyl sites for hydroxylation is 1. The van der Waals surface area contributed by atoms with Gasteiger partial charge in [-0.2, -0.15) is 5.10 Å². The fourth-order valence-electron chi connectivity index (χ4n) is 3.64. The summed E-state index contributed by atoms with van der Waals surface area (Å²) >= 11 is 0. The first-order valence-electron chi connectivity index (χ1n) is 7.91. The molecule has 106 valence electrons. The molecular weight excluding hydrogens is 236 g/mol. The highest BCUT2D eigenvalue weighted by atomic mass is 15.4. The monoisotopic (exact) mass is 262 g/mol. The number of hydrogen-bond acceptors (Lipinski definition) is 3. The van der Waals surface area contributed by atoms with Crippen LogP contribution in [-0.4, -0.2) is 14.8 Å². The van der Waals surface area contributed by atoms with Crippen molar-refractivity contribution in [3.05, 3.63) is 11.6 Å². The van der Waals surface area contributed by atoms with Crippen LogP contribution in [-0.2, 0) is 13.0 Å². The molecule has 1 fully saturated rings. The predicted octanol–water partition coefficient (Wildman–Crippen LogP) is 2.83. The third kappa shape index (κ3) is 2.99. The van der Waals surface area contributed by atoms with E-state index in [0.717, 1.165) is 37.0 Å². The number of nitrogens with zero attached hydrogens (tertiary/aromatic N) is 3. The van der Waals surface area contributed by atoms with Crippen molar-refractivity contribution >= 4 is 0 Å². The van der Waals surface area contributed by atoms with Crippen molar-refractivity contribution in [1.82, 2.24) is 14.8 Å². The Labute approximate surface area is 115 Å². The third-order valence-corrected chi connectivity index (χ3v) is 4.72. The van der Waals surface area contributed by atoms with Crippen LogP contribution >= 0.6 is 0 Å². The van der Waals surface area contributed by atoms with Gasteiger partial charge < -0.3 is 5.73 Å². The molecule has 1 saturated carbocycles. The van der Waals surface area contributed by atoms with Gasteiger partial charge in [0.25, 0.3) is 0 Å². The van der Waals surface area contributed by atoms with Crippen molar-refractivity contribution in [2.75, 3.05) is 0 Å². The molecule has 1 aliphatic heterocycles. The quantitative estimate of drug-likeness (QED) is 0.911. The van der Waals surface area contributed by atoms with Crippen molar-refractivity contribution in [1.29, 1.82) is 0 Å². The minimum Gasteiger partial charge on any atom is -0.321 e. The Morgan fingerprint density at radius 3 is 2.84 bits per heavy atom. The predicted molar refractivity (Wildman–Crippen MR) is 75.6 cm³/mol. The average Bonchev–Trinajstić information content (AvgIpc) is 2.81. The molecular formula is C15H26N4. The molecule has 2 atom stereocenters. The molecule has 0 bridgehead atoms. The number of nitrogens with two attached hydrogens (primary N) is 1. The average molecular weight is 262 g/mol. The first-order chi connectivity index (χ1) is 9.22. The third-order valence-electron chi connectivity index (χ3n) is 4.72. The summed E-state index contributed by atoms with van der Waals surface area (Å²) in [6, 6.07) is 0.0830. The standard InChI is InChI=1S/C15H26N4/c1-11-9-13(16)15-17-14(18-19(15)10-11)8-7-12-5-3-2-4-6-12/h11-13H,2-10,16H2,1H3. The summed E-state index contributed by atoms with van der Waals surface area (Å²) in [6.45, 7) is 3.23. The molecule has 4 nitrogen and oxygen atoms in total. The van der Waals surface area contributed by atoms with Gasteiger partial charge in [0.2, 0.25) is 0 Å². The van der Waals surface area contributed by atoms with Crippen LogP contribution in [0, 0.1) is 11.8 Å². The molecule has 2 heterocycles. The second-order valence-corrected chi connectivity index (χ2v) is 6.56. The van der Waals surface area contributed by atoms with E-state index in [1.54, 1.807) is 0 Å². The van der Waals surface area contributed by atoms with E-state index in [0.29, 0.717) is 5.92 Å². The second-order valence-electron chi connectivity index (χ2n) is 6.56. The van der Waals surface area contributed by atoms with Crippen LogP contribution in [0.15, 0.2) is 0 Å². The van der Waals surface area contributed by atoms with E-state index in [-0.39, 0.29) is 6.04 Å². The SMILES string of the molecule is CC1CC(N)c2nc(CCC3CCCCC3)nn2C1. The van der Waals surface area contributed by atoms with Crippen molar-refractivity contribution in [2.45, 2.75) is 70.9 Å². The molecule has 19 heavy (non-hydrogen) atoms. The lowest BCUT2D eigenvalue weighted by Gasteiger charge is -2.23. The Balaban J connectivity index is 1.61. The van der Waals surface area contributed by atoms with Crippen LogP contribution in [0.2, 0.25) is 0 Å². The zero-order chi connectivity index (χ0) is 13.2. The van der Waals surface area contributed by atoms with Gasteiger partial charge >= 0.3 is 0 Å². The second kappa shape index (κ2) is 5.61. The molecule has 0 saturated heterocycles. The Morgan fingerprint density at radius 1 is 1.26 bits per heavy atom. The Hall–Kier alpha value is -0.900. The lowest BCUT2D eigenvalue weighted by atomic mass is 9.86. The highest BCUT2D eigenvalue weighted by Crippen LogP contribution is 2.28. The van der Waals surface area contributed by atoms with Crippen LogP contribution in [0.3, 0.4) is 0 Å². The number of rotatable bonds is 3. The Morgan fingerprint density at radius 2 is 2.05 bits per heavy atom. The zero-order valence-corrected chi connectivity index (χ0v) is 12.0. The van der Waals surface area contributed by atoms with Crippen molar-refractivity contribution in [3.8, 4) is 0 Å². The number of hydrogen-bond donors (Lipinski definition) is 1. The van der Waals surface area contributed by atoms with E-state index in [4.69, 9.17) is 5.73 Å². The fourth-order valence-corrected chi connectivity index (χ4v) is 3.64. The van der Waals surface area contributed by atoms with Gasteiger partial charge in [0.05, 0.1) is 6.04 Å². The van der Waals surface area contributed by atoms with E-state index in [1.807, 2.05) is 0 Å².